The van der Waals surface area contributed by atoms with Gasteiger partial charge in [-0.25, -0.2) is 0 Å². The van der Waals surface area contributed by atoms with Crippen molar-refractivity contribution in [3.63, 3.8) is 0 Å². The molecule has 4 heteroatoms. The fourth-order valence-electron chi connectivity index (χ4n) is 2.28. The van der Waals surface area contributed by atoms with Gasteiger partial charge in [0.1, 0.15) is 0 Å². The Kier molecular flexibility index (Phi) is 4.95. The second-order valence-corrected chi connectivity index (χ2v) is 6.12. The summed E-state index contributed by atoms with van der Waals surface area (Å²) in [5, 5.41) is 9.05. The van der Waals surface area contributed by atoms with Crippen LogP contribution in [0.5, 0.6) is 0 Å². The van der Waals surface area contributed by atoms with E-state index in [1.165, 1.54) is 19.5 Å². The van der Waals surface area contributed by atoms with Crippen LogP contribution in [0.3, 0.4) is 0 Å². The van der Waals surface area contributed by atoms with Crippen molar-refractivity contribution in [2.75, 3.05) is 40.3 Å². The van der Waals surface area contributed by atoms with E-state index < -0.39 is 11.4 Å². The first-order valence-corrected chi connectivity index (χ1v) is 6.42. The highest BCUT2D eigenvalue weighted by atomic mass is 16.4. The van der Waals surface area contributed by atoms with Gasteiger partial charge in [-0.05, 0) is 59.8 Å². The summed E-state index contributed by atoms with van der Waals surface area (Å²) < 4.78 is 0. The van der Waals surface area contributed by atoms with E-state index in [2.05, 4.69) is 23.9 Å². The van der Waals surface area contributed by atoms with Crippen LogP contribution in [0, 0.1) is 11.3 Å². The van der Waals surface area contributed by atoms with Gasteiger partial charge in [0.15, 0.2) is 0 Å². The van der Waals surface area contributed by atoms with E-state index in [1.807, 2.05) is 0 Å². The molecule has 0 radical (unpaired) electrons. The van der Waals surface area contributed by atoms with Gasteiger partial charge in [0.2, 0.25) is 0 Å². The number of carboxylic acids is 1. The van der Waals surface area contributed by atoms with Crippen molar-refractivity contribution < 1.29 is 9.90 Å². The third-order valence-electron chi connectivity index (χ3n) is 3.76. The predicted octanol–water partition coefficient (Wildman–Crippen LogP) is 1.37. The van der Waals surface area contributed by atoms with Gasteiger partial charge in [-0.3, -0.25) is 4.79 Å². The molecule has 1 unspecified atom stereocenters. The Hall–Kier alpha value is -0.610. The third kappa shape index (κ3) is 4.64. The van der Waals surface area contributed by atoms with Crippen LogP contribution in [-0.2, 0) is 4.79 Å². The van der Waals surface area contributed by atoms with Gasteiger partial charge in [-0.1, -0.05) is 0 Å². The molecule has 0 spiro atoms. The highest BCUT2D eigenvalue weighted by Gasteiger charge is 2.27. The second kappa shape index (κ2) is 5.83. The highest BCUT2D eigenvalue weighted by molar-refractivity contribution is 5.73. The number of rotatable bonds is 6. The van der Waals surface area contributed by atoms with Crippen LogP contribution in [0.1, 0.15) is 26.7 Å². The maximum absolute atomic E-state index is 11.0. The van der Waals surface area contributed by atoms with Crippen molar-refractivity contribution in [3.05, 3.63) is 0 Å². The van der Waals surface area contributed by atoms with Crippen LogP contribution < -0.4 is 0 Å². The quantitative estimate of drug-likeness (QED) is 0.764. The lowest BCUT2D eigenvalue weighted by atomic mass is 9.89. The van der Waals surface area contributed by atoms with Gasteiger partial charge in [-0.15, -0.1) is 0 Å². The molecule has 0 aromatic heterocycles. The summed E-state index contributed by atoms with van der Waals surface area (Å²) >= 11 is 0. The maximum Gasteiger partial charge on any atom is 0.309 e. The second-order valence-electron chi connectivity index (χ2n) is 6.12. The lowest BCUT2D eigenvalue weighted by Gasteiger charge is -2.25. The largest absolute Gasteiger partial charge is 0.481 e. The van der Waals surface area contributed by atoms with E-state index in [0.717, 1.165) is 19.0 Å². The molecule has 0 aromatic rings. The molecule has 0 amide bonds. The van der Waals surface area contributed by atoms with Crippen molar-refractivity contribution in [1.82, 2.24) is 9.80 Å². The Balaban J connectivity index is 2.25. The first-order chi connectivity index (χ1) is 7.81. The van der Waals surface area contributed by atoms with Crippen molar-refractivity contribution in [2.24, 2.45) is 11.3 Å². The van der Waals surface area contributed by atoms with Crippen molar-refractivity contribution in [3.8, 4) is 0 Å². The van der Waals surface area contributed by atoms with Gasteiger partial charge >= 0.3 is 5.97 Å². The highest BCUT2D eigenvalue weighted by Crippen LogP contribution is 2.21. The molecule has 17 heavy (non-hydrogen) atoms. The Morgan fingerprint density at radius 1 is 1.53 bits per heavy atom. The smallest absolute Gasteiger partial charge is 0.309 e. The molecule has 100 valence electrons. The van der Waals surface area contributed by atoms with Crippen LogP contribution in [0.4, 0.5) is 0 Å². The molecule has 4 nitrogen and oxygen atoms in total. The molecule has 1 aliphatic heterocycles. The fourth-order valence-corrected chi connectivity index (χ4v) is 2.28. The summed E-state index contributed by atoms with van der Waals surface area (Å²) in [5.74, 6) is 0.0458. The summed E-state index contributed by atoms with van der Waals surface area (Å²) in [6, 6.07) is 0. The monoisotopic (exact) mass is 242 g/mol. The number of hydrogen-bond donors (Lipinski definition) is 1. The lowest BCUT2D eigenvalue weighted by Crippen LogP contribution is -2.33. The van der Waals surface area contributed by atoms with E-state index in [0.29, 0.717) is 6.42 Å². The number of carboxylic acid groups (broad SMARTS) is 1. The SMILES string of the molecule is CN1CCC(CN(C)CCC(C)(C)C(=O)O)C1. The van der Waals surface area contributed by atoms with Gasteiger partial charge in [-0.2, -0.15) is 0 Å². The number of aliphatic carboxylic acids is 1. The normalized spacial score (nSPS) is 22.3. The van der Waals surface area contributed by atoms with E-state index in [9.17, 15) is 4.79 Å². The molecule has 0 saturated carbocycles. The number of carbonyl (C=O) groups is 1. The van der Waals surface area contributed by atoms with E-state index in [1.54, 1.807) is 13.8 Å². The Labute approximate surface area is 105 Å². The van der Waals surface area contributed by atoms with Crippen molar-refractivity contribution in [2.45, 2.75) is 26.7 Å². The minimum Gasteiger partial charge on any atom is -0.481 e. The van der Waals surface area contributed by atoms with E-state index in [-0.39, 0.29) is 0 Å². The molecular weight excluding hydrogens is 216 g/mol. The Bertz CT molecular complexity index is 266. The van der Waals surface area contributed by atoms with Crippen LogP contribution in [0.2, 0.25) is 0 Å². The molecule has 1 saturated heterocycles. The molecule has 0 bridgehead atoms. The average molecular weight is 242 g/mol. The Morgan fingerprint density at radius 3 is 2.65 bits per heavy atom. The summed E-state index contributed by atoms with van der Waals surface area (Å²) in [5.41, 5.74) is -0.610. The molecule has 1 fully saturated rings. The van der Waals surface area contributed by atoms with E-state index in [4.69, 9.17) is 5.11 Å². The van der Waals surface area contributed by atoms with E-state index >= 15 is 0 Å². The third-order valence-corrected chi connectivity index (χ3v) is 3.76. The molecule has 0 aliphatic carbocycles. The van der Waals surface area contributed by atoms with Crippen molar-refractivity contribution >= 4 is 5.97 Å². The fraction of sp³-hybridized carbons (Fsp3) is 0.923. The zero-order valence-electron chi connectivity index (χ0n) is 11.6. The first-order valence-electron chi connectivity index (χ1n) is 6.42. The molecule has 1 aliphatic rings. The number of hydrogen-bond acceptors (Lipinski definition) is 3. The van der Waals surface area contributed by atoms with Gasteiger partial charge in [0, 0.05) is 13.1 Å². The molecule has 1 heterocycles. The summed E-state index contributed by atoms with van der Waals surface area (Å²) in [6.07, 6.45) is 1.98. The molecule has 0 aromatic carbocycles. The molecule has 1 atom stereocenters. The first kappa shape index (κ1) is 14.5. The Morgan fingerprint density at radius 2 is 2.18 bits per heavy atom. The van der Waals surface area contributed by atoms with Crippen LogP contribution in [-0.4, -0.2) is 61.2 Å². The maximum atomic E-state index is 11.0. The van der Waals surface area contributed by atoms with Crippen LogP contribution in [0.15, 0.2) is 0 Å². The summed E-state index contributed by atoms with van der Waals surface area (Å²) in [4.78, 5) is 15.6. The summed E-state index contributed by atoms with van der Waals surface area (Å²) in [6.45, 7) is 7.91. The topological polar surface area (TPSA) is 43.8 Å². The van der Waals surface area contributed by atoms with Crippen LogP contribution in [0.25, 0.3) is 0 Å². The number of likely N-dealkylation sites (tertiary alicyclic amines) is 1. The van der Waals surface area contributed by atoms with Gasteiger partial charge in [0.05, 0.1) is 5.41 Å². The van der Waals surface area contributed by atoms with Crippen LogP contribution >= 0.6 is 0 Å². The lowest BCUT2D eigenvalue weighted by molar-refractivity contribution is -0.147. The summed E-state index contributed by atoms with van der Waals surface area (Å²) in [7, 11) is 4.25. The zero-order valence-corrected chi connectivity index (χ0v) is 11.6. The molecular formula is C13H26N2O2. The van der Waals surface area contributed by atoms with Gasteiger partial charge < -0.3 is 14.9 Å². The average Bonchev–Trinajstić information content (AvgIpc) is 2.61. The number of nitrogens with zero attached hydrogens (tertiary/aromatic N) is 2. The minimum absolute atomic E-state index is 0.610. The zero-order chi connectivity index (χ0) is 13.1. The van der Waals surface area contributed by atoms with Crippen molar-refractivity contribution in [1.29, 1.82) is 0 Å². The predicted molar refractivity (Wildman–Crippen MR) is 69.1 cm³/mol. The minimum atomic E-state index is -0.702. The molecule has 1 N–H and O–H groups in total. The van der Waals surface area contributed by atoms with Gasteiger partial charge in [0.25, 0.3) is 0 Å². The molecule has 1 rings (SSSR count). The standard InChI is InChI=1S/C13H26N2O2/c1-13(2,12(16)17)6-8-15(4)10-11-5-7-14(3)9-11/h11H,5-10H2,1-4H3,(H,16,17).